The predicted molar refractivity (Wildman–Crippen MR) is 84.1 cm³/mol. The van der Waals surface area contributed by atoms with Crippen LogP contribution in [0, 0.1) is 0 Å². The molecule has 0 spiro atoms. The number of amides is 1. The van der Waals surface area contributed by atoms with Crippen LogP contribution in [0.2, 0.25) is 0 Å². The second-order valence-electron chi connectivity index (χ2n) is 5.94. The first kappa shape index (κ1) is 16.0. The first-order valence-electron chi connectivity index (χ1n) is 8.28. The molecule has 0 bridgehead atoms. The van der Waals surface area contributed by atoms with E-state index < -0.39 is 0 Å². The molecular weight excluding hydrogens is 264 g/mol. The van der Waals surface area contributed by atoms with Gasteiger partial charge in [-0.3, -0.25) is 4.79 Å². The third-order valence-electron chi connectivity index (χ3n) is 3.97. The summed E-state index contributed by atoms with van der Waals surface area (Å²) in [5, 5.41) is 6.50. The van der Waals surface area contributed by atoms with Crippen LogP contribution in [-0.2, 0) is 17.8 Å². The van der Waals surface area contributed by atoms with Gasteiger partial charge in [0.15, 0.2) is 0 Å². The zero-order valence-electron chi connectivity index (χ0n) is 13.1. The van der Waals surface area contributed by atoms with Gasteiger partial charge in [-0.1, -0.05) is 26.2 Å². The molecule has 0 saturated heterocycles. The third-order valence-corrected chi connectivity index (χ3v) is 3.97. The number of aromatic nitrogens is 2. The van der Waals surface area contributed by atoms with Crippen LogP contribution in [-0.4, -0.2) is 34.6 Å². The molecule has 0 aliphatic heterocycles. The Balaban J connectivity index is 1.69. The Hall–Kier alpha value is -1.36. The average Bonchev–Trinajstić information content (AvgIpc) is 2.92. The highest BCUT2D eigenvalue weighted by Gasteiger charge is 2.15. The van der Waals surface area contributed by atoms with Gasteiger partial charge in [0.05, 0.1) is 12.0 Å². The fourth-order valence-corrected chi connectivity index (χ4v) is 2.83. The minimum absolute atomic E-state index is 0.106. The van der Waals surface area contributed by atoms with Crippen molar-refractivity contribution in [3.63, 3.8) is 0 Å². The van der Waals surface area contributed by atoms with Gasteiger partial charge in [-0.25, -0.2) is 4.98 Å². The Morgan fingerprint density at radius 3 is 2.90 bits per heavy atom. The number of carbonyl (C=O) groups excluding carboxylic acids is 1. The van der Waals surface area contributed by atoms with Crippen LogP contribution < -0.4 is 10.6 Å². The van der Waals surface area contributed by atoms with Crippen LogP contribution in [0.5, 0.6) is 0 Å². The summed E-state index contributed by atoms with van der Waals surface area (Å²) < 4.78 is 1.88. The number of carbonyl (C=O) groups is 1. The highest BCUT2D eigenvalue weighted by atomic mass is 16.2. The second kappa shape index (κ2) is 8.82. The van der Waals surface area contributed by atoms with E-state index >= 15 is 0 Å². The summed E-state index contributed by atoms with van der Waals surface area (Å²) in [5.74, 6) is 0.106. The fraction of sp³-hybridized carbons (Fsp3) is 0.750. The van der Waals surface area contributed by atoms with Crippen LogP contribution in [0.3, 0.4) is 0 Å². The summed E-state index contributed by atoms with van der Waals surface area (Å²) in [5.41, 5.74) is 1.05. The minimum atomic E-state index is 0.106. The van der Waals surface area contributed by atoms with Crippen molar-refractivity contribution in [1.82, 2.24) is 20.2 Å². The van der Waals surface area contributed by atoms with E-state index in [0.717, 1.165) is 44.5 Å². The SMILES string of the molecule is CCCNCCc1cn(CC(=O)NC2CCCCC2)cn1. The standard InChI is InChI=1S/C16H28N4O/c1-2-9-17-10-8-15-11-20(13-18-15)12-16(21)19-14-6-4-3-5-7-14/h11,13-14,17H,2-10,12H2,1H3,(H,19,21). The van der Waals surface area contributed by atoms with E-state index in [4.69, 9.17) is 0 Å². The zero-order valence-corrected chi connectivity index (χ0v) is 13.1. The van der Waals surface area contributed by atoms with E-state index in [2.05, 4.69) is 22.5 Å². The lowest BCUT2D eigenvalue weighted by Crippen LogP contribution is -2.38. The van der Waals surface area contributed by atoms with Gasteiger partial charge in [-0.15, -0.1) is 0 Å². The number of hydrogen-bond donors (Lipinski definition) is 2. The van der Waals surface area contributed by atoms with E-state index in [1.807, 2.05) is 10.8 Å². The van der Waals surface area contributed by atoms with Crippen molar-refractivity contribution < 1.29 is 4.79 Å². The van der Waals surface area contributed by atoms with Crippen molar-refractivity contribution in [2.75, 3.05) is 13.1 Å². The molecule has 1 saturated carbocycles. The predicted octanol–water partition coefficient (Wildman–Crippen LogP) is 1.87. The highest BCUT2D eigenvalue weighted by molar-refractivity contribution is 5.76. The van der Waals surface area contributed by atoms with Crippen LogP contribution >= 0.6 is 0 Å². The molecule has 5 heteroatoms. The molecule has 0 radical (unpaired) electrons. The zero-order chi connectivity index (χ0) is 14.9. The molecule has 1 amide bonds. The Bertz CT molecular complexity index is 424. The van der Waals surface area contributed by atoms with Gasteiger partial charge in [0.2, 0.25) is 5.91 Å². The maximum absolute atomic E-state index is 12.0. The Morgan fingerprint density at radius 1 is 1.33 bits per heavy atom. The van der Waals surface area contributed by atoms with Crippen molar-refractivity contribution in [3.8, 4) is 0 Å². The normalized spacial score (nSPS) is 16.0. The van der Waals surface area contributed by atoms with Crippen LogP contribution in [0.4, 0.5) is 0 Å². The number of imidazole rings is 1. The molecule has 5 nitrogen and oxygen atoms in total. The lowest BCUT2D eigenvalue weighted by molar-refractivity contribution is -0.122. The topological polar surface area (TPSA) is 59.0 Å². The third kappa shape index (κ3) is 5.87. The Kier molecular flexibility index (Phi) is 6.73. The van der Waals surface area contributed by atoms with Gasteiger partial charge >= 0.3 is 0 Å². The van der Waals surface area contributed by atoms with Crippen molar-refractivity contribution in [1.29, 1.82) is 0 Å². The molecule has 118 valence electrons. The smallest absolute Gasteiger partial charge is 0.240 e. The number of nitrogens with zero attached hydrogens (tertiary/aromatic N) is 2. The molecule has 0 aromatic carbocycles. The highest BCUT2D eigenvalue weighted by Crippen LogP contribution is 2.17. The van der Waals surface area contributed by atoms with Crippen molar-refractivity contribution in [2.45, 2.75) is 64.5 Å². The molecule has 1 heterocycles. The van der Waals surface area contributed by atoms with Crippen molar-refractivity contribution >= 4 is 5.91 Å². The van der Waals surface area contributed by atoms with E-state index in [0.29, 0.717) is 12.6 Å². The van der Waals surface area contributed by atoms with Crippen molar-refractivity contribution in [3.05, 3.63) is 18.2 Å². The van der Waals surface area contributed by atoms with E-state index in [1.165, 1.54) is 19.3 Å². The largest absolute Gasteiger partial charge is 0.352 e. The molecule has 1 aromatic heterocycles. The molecule has 1 aromatic rings. The average molecular weight is 292 g/mol. The monoisotopic (exact) mass is 292 g/mol. The van der Waals surface area contributed by atoms with E-state index in [-0.39, 0.29) is 5.91 Å². The maximum atomic E-state index is 12.0. The second-order valence-corrected chi connectivity index (χ2v) is 5.94. The Labute approximate surface area is 127 Å². The van der Waals surface area contributed by atoms with Gasteiger partial charge < -0.3 is 15.2 Å². The van der Waals surface area contributed by atoms with Gasteiger partial charge in [0.1, 0.15) is 6.54 Å². The van der Waals surface area contributed by atoms with Gasteiger partial charge in [-0.05, 0) is 25.8 Å². The van der Waals surface area contributed by atoms with Crippen molar-refractivity contribution in [2.24, 2.45) is 0 Å². The van der Waals surface area contributed by atoms with Crippen LogP contribution in [0.25, 0.3) is 0 Å². The molecule has 2 N–H and O–H groups in total. The number of rotatable bonds is 8. The van der Waals surface area contributed by atoms with Gasteiger partial charge in [-0.2, -0.15) is 0 Å². The maximum Gasteiger partial charge on any atom is 0.240 e. The molecule has 0 unspecified atom stereocenters. The molecule has 2 rings (SSSR count). The fourth-order valence-electron chi connectivity index (χ4n) is 2.83. The van der Waals surface area contributed by atoms with E-state index in [9.17, 15) is 4.79 Å². The lowest BCUT2D eigenvalue weighted by atomic mass is 9.95. The minimum Gasteiger partial charge on any atom is -0.352 e. The Morgan fingerprint density at radius 2 is 2.14 bits per heavy atom. The van der Waals surface area contributed by atoms with Gasteiger partial charge in [0, 0.05) is 25.2 Å². The molecule has 21 heavy (non-hydrogen) atoms. The summed E-state index contributed by atoms with van der Waals surface area (Å²) >= 11 is 0. The summed E-state index contributed by atoms with van der Waals surface area (Å²) in [6.45, 7) is 4.53. The lowest BCUT2D eigenvalue weighted by Gasteiger charge is -2.22. The molecule has 0 atom stereocenters. The summed E-state index contributed by atoms with van der Waals surface area (Å²) in [6, 6.07) is 0.382. The number of nitrogens with one attached hydrogen (secondary N) is 2. The summed E-state index contributed by atoms with van der Waals surface area (Å²) in [7, 11) is 0. The quantitative estimate of drug-likeness (QED) is 0.719. The van der Waals surface area contributed by atoms with Gasteiger partial charge in [0.25, 0.3) is 0 Å². The van der Waals surface area contributed by atoms with Crippen LogP contribution in [0.15, 0.2) is 12.5 Å². The summed E-state index contributed by atoms with van der Waals surface area (Å²) in [6.07, 6.45) is 11.9. The molecule has 1 fully saturated rings. The summed E-state index contributed by atoms with van der Waals surface area (Å²) in [4.78, 5) is 16.4. The molecular formula is C16H28N4O. The first-order chi connectivity index (χ1) is 10.3. The van der Waals surface area contributed by atoms with Crippen LogP contribution in [0.1, 0.15) is 51.1 Å². The molecule has 1 aliphatic carbocycles. The molecule has 1 aliphatic rings. The van der Waals surface area contributed by atoms with E-state index in [1.54, 1.807) is 6.33 Å². The number of hydrogen-bond acceptors (Lipinski definition) is 3. The first-order valence-corrected chi connectivity index (χ1v) is 8.28.